The fourth-order valence-electron chi connectivity index (χ4n) is 1.94. The van der Waals surface area contributed by atoms with Crippen LogP contribution in [0.2, 0.25) is 0 Å². The number of aliphatic imine (C=N–C) groups is 1. The first-order valence-electron chi connectivity index (χ1n) is 6.38. The van der Waals surface area contributed by atoms with Crippen molar-refractivity contribution < 1.29 is 0 Å². The first-order valence-corrected chi connectivity index (χ1v) is 6.38. The van der Waals surface area contributed by atoms with E-state index in [9.17, 15) is 0 Å². The normalized spacial score (nSPS) is 13.6. The highest BCUT2D eigenvalue weighted by Gasteiger charge is 2.04. The van der Waals surface area contributed by atoms with Gasteiger partial charge in [-0.3, -0.25) is 4.99 Å². The Morgan fingerprint density at radius 1 is 0.789 bits per heavy atom. The van der Waals surface area contributed by atoms with Crippen molar-refractivity contribution in [3.8, 4) is 0 Å². The van der Waals surface area contributed by atoms with E-state index < -0.39 is 0 Å². The van der Waals surface area contributed by atoms with Gasteiger partial charge in [-0.25, -0.2) is 0 Å². The number of nitrogens with zero attached hydrogens (tertiary/aromatic N) is 1. The molecule has 2 aromatic carbocycles. The van der Waals surface area contributed by atoms with Crippen LogP contribution in [0, 0.1) is 0 Å². The van der Waals surface area contributed by atoms with E-state index in [0.717, 1.165) is 36.1 Å². The highest BCUT2D eigenvalue weighted by molar-refractivity contribution is 5.94. The molecule has 4 heteroatoms. The smallest absolute Gasteiger partial charge is 0.195 e. The SMILES string of the molecule is c1ccc(Nc2ccc(NC3=NCCN3)cc2)cc1. The fourth-order valence-corrected chi connectivity index (χ4v) is 1.94. The Hall–Kier alpha value is -2.49. The Morgan fingerprint density at radius 2 is 1.42 bits per heavy atom. The van der Waals surface area contributed by atoms with Crippen LogP contribution >= 0.6 is 0 Å². The number of para-hydroxylation sites is 1. The molecule has 0 saturated heterocycles. The van der Waals surface area contributed by atoms with Gasteiger partial charge in [0.1, 0.15) is 0 Å². The van der Waals surface area contributed by atoms with Gasteiger partial charge in [0.15, 0.2) is 5.96 Å². The number of guanidine groups is 1. The summed E-state index contributed by atoms with van der Waals surface area (Å²) in [6.07, 6.45) is 0. The lowest BCUT2D eigenvalue weighted by atomic mass is 10.2. The summed E-state index contributed by atoms with van der Waals surface area (Å²) in [6, 6.07) is 18.3. The van der Waals surface area contributed by atoms with Crippen LogP contribution < -0.4 is 16.0 Å². The van der Waals surface area contributed by atoms with Crippen molar-refractivity contribution in [2.75, 3.05) is 23.7 Å². The lowest BCUT2D eigenvalue weighted by Gasteiger charge is -2.09. The Bertz CT molecular complexity index is 560. The van der Waals surface area contributed by atoms with Crippen LogP contribution in [0.15, 0.2) is 59.6 Å². The van der Waals surface area contributed by atoms with Crippen LogP contribution in [0.3, 0.4) is 0 Å². The second-order valence-corrected chi connectivity index (χ2v) is 4.35. The highest BCUT2D eigenvalue weighted by atomic mass is 15.2. The van der Waals surface area contributed by atoms with E-state index >= 15 is 0 Å². The first kappa shape index (κ1) is 11.6. The number of benzene rings is 2. The quantitative estimate of drug-likeness (QED) is 0.787. The summed E-state index contributed by atoms with van der Waals surface area (Å²) in [5.74, 6) is 0.851. The third kappa shape index (κ3) is 3.04. The summed E-state index contributed by atoms with van der Waals surface area (Å²) >= 11 is 0. The van der Waals surface area contributed by atoms with E-state index in [2.05, 4.69) is 20.9 Å². The molecule has 1 aliphatic heterocycles. The lowest BCUT2D eigenvalue weighted by Crippen LogP contribution is -2.26. The van der Waals surface area contributed by atoms with Crippen LogP contribution in [-0.2, 0) is 0 Å². The van der Waals surface area contributed by atoms with Crippen LogP contribution in [-0.4, -0.2) is 19.0 Å². The molecule has 0 bridgehead atoms. The minimum atomic E-state index is 0.843. The molecular formula is C15H16N4. The van der Waals surface area contributed by atoms with Gasteiger partial charge in [-0.1, -0.05) is 18.2 Å². The number of anilines is 3. The molecule has 4 nitrogen and oxygen atoms in total. The van der Waals surface area contributed by atoms with E-state index in [1.807, 2.05) is 54.6 Å². The second kappa shape index (κ2) is 5.44. The lowest BCUT2D eigenvalue weighted by molar-refractivity contribution is 0.959. The Kier molecular flexibility index (Phi) is 3.32. The van der Waals surface area contributed by atoms with Crippen molar-refractivity contribution >= 4 is 23.0 Å². The van der Waals surface area contributed by atoms with Crippen molar-refractivity contribution in [1.29, 1.82) is 0 Å². The fraction of sp³-hybridized carbons (Fsp3) is 0.133. The van der Waals surface area contributed by atoms with Gasteiger partial charge in [-0.05, 0) is 36.4 Å². The van der Waals surface area contributed by atoms with Crippen molar-refractivity contribution in [1.82, 2.24) is 5.32 Å². The molecule has 2 aromatic rings. The zero-order chi connectivity index (χ0) is 12.9. The predicted molar refractivity (Wildman–Crippen MR) is 80.1 cm³/mol. The molecular weight excluding hydrogens is 236 g/mol. The summed E-state index contributed by atoms with van der Waals surface area (Å²) < 4.78 is 0. The second-order valence-electron chi connectivity index (χ2n) is 4.35. The third-order valence-corrected chi connectivity index (χ3v) is 2.88. The summed E-state index contributed by atoms with van der Waals surface area (Å²) in [5.41, 5.74) is 3.19. The molecule has 1 heterocycles. The molecule has 0 unspecified atom stereocenters. The standard InChI is InChI=1S/C15H16N4/c1-2-4-12(5-3-1)18-13-6-8-14(9-7-13)19-15-16-10-11-17-15/h1-9,18H,10-11H2,(H2,16,17,19). The summed E-state index contributed by atoms with van der Waals surface area (Å²) in [5, 5.41) is 9.78. The van der Waals surface area contributed by atoms with E-state index in [0.29, 0.717) is 0 Å². The maximum Gasteiger partial charge on any atom is 0.195 e. The molecule has 3 N–H and O–H groups in total. The van der Waals surface area contributed by atoms with Crippen LogP contribution in [0.5, 0.6) is 0 Å². The van der Waals surface area contributed by atoms with Crippen molar-refractivity contribution in [3.05, 3.63) is 54.6 Å². The highest BCUT2D eigenvalue weighted by Crippen LogP contribution is 2.18. The molecule has 0 saturated carbocycles. The van der Waals surface area contributed by atoms with Gasteiger partial charge in [0.2, 0.25) is 0 Å². The molecule has 0 aromatic heterocycles. The molecule has 0 amide bonds. The van der Waals surface area contributed by atoms with Crippen molar-refractivity contribution in [2.24, 2.45) is 4.99 Å². The van der Waals surface area contributed by atoms with E-state index in [-0.39, 0.29) is 0 Å². The van der Waals surface area contributed by atoms with Gasteiger partial charge in [-0.15, -0.1) is 0 Å². The monoisotopic (exact) mass is 252 g/mol. The Balaban J connectivity index is 1.65. The van der Waals surface area contributed by atoms with Gasteiger partial charge in [0, 0.05) is 23.6 Å². The molecule has 96 valence electrons. The molecule has 0 fully saturated rings. The Labute approximate surface area is 112 Å². The molecule has 0 spiro atoms. The average molecular weight is 252 g/mol. The molecule has 0 aliphatic carbocycles. The van der Waals surface area contributed by atoms with E-state index in [4.69, 9.17) is 0 Å². The van der Waals surface area contributed by atoms with Crippen molar-refractivity contribution in [2.45, 2.75) is 0 Å². The average Bonchev–Trinajstić information content (AvgIpc) is 2.95. The molecule has 0 radical (unpaired) electrons. The Morgan fingerprint density at radius 3 is 2.05 bits per heavy atom. The van der Waals surface area contributed by atoms with Crippen LogP contribution in [0.4, 0.5) is 17.1 Å². The molecule has 3 rings (SSSR count). The molecule has 19 heavy (non-hydrogen) atoms. The van der Waals surface area contributed by atoms with Gasteiger partial charge in [0.25, 0.3) is 0 Å². The van der Waals surface area contributed by atoms with Crippen molar-refractivity contribution in [3.63, 3.8) is 0 Å². The summed E-state index contributed by atoms with van der Waals surface area (Å²) in [7, 11) is 0. The maximum absolute atomic E-state index is 4.30. The van der Waals surface area contributed by atoms with E-state index in [1.54, 1.807) is 0 Å². The summed E-state index contributed by atoms with van der Waals surface area (Å²) in [4.78, 5) is 4.30. The molecule has 1 aliphatic rings. The number of hydrogen-bond acceptors (Lipinski definition) is 4. The van der Waals surface area contributed by atoms with Gasteiger partial charge in [0.05, 0.1) is 6.54 Å². The van der Waals surface area contributed by atoms with Crippen LogP contribution in [0.25, 0.3) is 0 Å². The van der Waals surface area contributed by atoms with Crippen LogP contribution in [0.1, 0.15) is 0 Å². The van der Waals surface area contributed by atoms with Gasteiger partial charge >= 0.3 is 0 Å². The zero-order valence-electron chi connectivity index (χ0n) is 10.6. The molecule has 0 atom stereocenters. The largest absolute Gasteiger partial charge is 0.356 e. The number of rotatable bonds is 3. The van der Waals surface area contributed by atoms with Gasteiger partial charge < -0.3 is 16.0 Å². The maximum atomic E-state index is 4.30. The first-order chi connectivity index (χ1) is 9.40. The topological polar surface area (TPSA) is 48.5 Å². The number of hydrogen-bond donors (Lipinski definition) is 3. The van der Waals surface area contributed by atoms with Gasteiger partial charge in [-0.2, -0.15) is 0 Å². The summed E-state index contributed by atoms with van der Waals surface area (Å²) in [6.45, 7) is 1.76. The minimum Gasteiger partial charge on any atom is -0.356 e. The minimum absolute atomic E-state index is 0.843. The number of nitrogens with one attached hydrogen (secondary N) is 3. The zero-order valence-corrected chi connectivity index (χ0v) is 10.6. The predicted octanol–water partition coefficient (Wildman–Crippen LogP) is 2.80. The third-order valence-electron chi connectivity index (χ3n) is 2.88. The van der Waals surface area contributed by atoms with E-state index in [1.165, 1.54) is 0 Å².